The largest absolute Gasteiger partial charge is 0.507 e. The highest BCUT2D eigenvalue weighted by atomic mass is 79.9. The summed E-state index contributed by atoms with van der Waals surface area (Å²) in [6, 6.07) is 2.25. The van der Waals surface area contributed by atoms with Crippen LogP contribution in [0.15, 0.2) is 22.7 Å². The van der Waals surface area contributed by atoms with Gasteiger partial charge >= 0.3 is 0 Å². The van der Waals surface area contributed by atoms with Crippen molar-refractivity contribution in [2.45, 2.75) is 77.3 Å². The Hall–Kier alpha value is -0.800. The lowest BCUT2D eigenvalue weighted by atomic mass is 9.72. The number of phenolic OH excluding ortho intramolecular Hbond substituents is 1. The smallest absolute Gasteiger partial charge is 0.130 e. The van der Waals surface area contributed by atoms with Crippen molar-refractivity contribution in [3.05, 3.63) is 39.4 Å². The first kappa shape index (κ1) is 18.0. The van der Waals surface area contributed by atoms with Gasteiger partial charge in [-0.1, -0.05) is 31.4 Å². The Kier molecular flexibility index (Phi) is 5.41. The van der Waals surface area contributed by atoms with Crippen LogP contribution in [0.25, 0.3) is 0 Å². The van der Waals surface area contributed by atoms with E-state index in [1.165, 1.54) is 43.2 Å². The van der Waals surface area contributed by atoms with Crippen LogP contribution in [0.5, 0.6) is 5.75 Å². The molecular formula is C21H30BrNO. The zero-order chi connectivity index (χ0) is 17.3. The quantitative estimate of drug-likeness (QED) is 0.659. The van der Waals surface area contributed by atoms with Crippen LogP contribution < -0.4 is 5.32 Å². The Labute approximate surface area is 154 Å². The molecule has 0 saturated heterocycles. The molecule has 1 fully saturated rings. The minimum atomic E-state index is 0.232. The van der Waals surface area contributed by atoms with E-state index in [4.69, 9.17) is 0 Å². The third-order valence-electron chi connectivity index (χ3n) is 6.19. The predicted octanol–water partition coefficient (Wildman–Crippen LogP) is 5.57. The van der Waals surface area contributed by atoms with Gasteiger partial charge < -0.3 is 10.4 Å². The standard InChI is InChI=1S/C21H30BrNO/c1-14-12-19(24)20(22)15(2)18(14)13-17-10-7-11-21(3,23-17)16-8-5-4-6-9-16/h7,10,12,16-17,23-24H,4-6,8-9,11,13H2,1-3H3/t17?,21-/m0/s1. The third-order valence-corrected chi connectivity index (χ3v) is 7.19. The number of hydrogen-bond donors (Lipinski definition) is 2. The number of benzene rings is 1. The van der Waals surface area contributed by atoms with Gasteiger partial charge in [0.15, 0.2) is 0 Å². The zero-order valence-corrected chi connectivity index (χ0v) is 16.7. The second-order valence-electron chi connectivity index (χ2n) is 7.97. The van der Waals surface area contributed by atoms with E-state index in [-0.39, 0.29) is 5.54 Å². The summed E-state index contributed by atoms with van der Waals surface area (Å²) in [5.41, 5.74) is 3.91. The maximum Gasteiger partial charge on any atom is 0.130 e. The van der Waals surface area contributed by atoms with E-state index in [1.54, 1.807) is 0 Å². The van der Waals surface area contributed by atoms with Crippen molar-refractivity contribution in [2.75, 3.05) is 0 Å². The van der Waals surface area contributed by atoms with Crippen molar-refractivity contribution < 1.29 is 5.11 Å². The average molecular weight is 392 g/mol. The third kappa shape index (κ3) is 3.57. The van der Waals surface area contributed by atoms with Crippen LogP contribution in [-0.4, -0.2) is 16.7 Å². The van der Waals surface area contributed by atoms with Gasteiger partial charge in [-0.25, -0.2) is 0 Å². The summed E-state index contributed by atoms with van der Waals surface area (Å²) >= 11 is 3.53. The van der Waals surface area contributed by atoms with Crippen LogP contribution in [0.3, 0.4) is 0 Å². The van der Waals surface area contributed by atoms with Crippen LogP contribution in [0.4, 0.5) is 0 Å². The first-order chi connectivity index (χ1) is 11.4. The van der Waals surface area contributed by atoms with E-state index < -0.39 is 0 Å². The number of nitrogens with one attached hydrogen (secondary N) is 1. The van der Waals surface area contributed by atoms with Crippen molar-refractivity contribution in [3.63, 3.8) is 0 Å². The Balaban J connectivity index is 1.78. The topological polar surface area (TPSA) is 32.3 Å². The first-order valence-corrected chi connectivity index (χ1v) is 10.1. The summed E-state index contributed by atoms with van der Waals surface area (Å²) in [6.07, 6.45) is 13.8. The van der Waals surface area contributed by atoms with Gasteiger partial charge in [-0.15, -0.1) is 0 Å². The monoisotopic (exact) mass is 391 g/mol. The molecule has 1 aromatic carbocycles. The molecule has 1 unspecified atom stereocenters. The molecular weight excluding hydrogens is 362 g/mol. The van der Waals surface area contributed by atoms with Crippen molar-refractivity contribution in [2.24, 2.45) is 5.92 Å². The van der Waals surface area contributed by atoms with Gasteiger partial charge in [0.25, 0.3) is 0 Å². The van der Waals surface area contributed by atoms with Crippen LogP contribution in [0.2, 0.25) is 0 Å². The van der Waals surface area contributed by atoms with Gasteiger partial charge in [0.1, 0.15) is 5.75 Å². The van der Waals surface area contributed by atoms with E-state index in [9.17, 15) is 5.11 Å². The van der Waals surface area contributed by atoms with Crippen molar-refractivity contribution >= 4 is 15.9 Å². The fraction of sp³-hybridized carbons (Fsp3) is 0.619. The number of rotatable bonds is 3. The number of halogens is 1. The van der Waals surface area contributed by atoms with E-state index in [1.807, 2.05) is 6.07 Å². The molecule has 2 nitrogen and oxygen atoms in total. The number of aromatic hydroxyl groups is 1. The van der Waals surface area contributed by atoms with Crippen LogP contribution >= 0.6 is 15.9 Å². The Morgan fingerprint density at radius 3 is 2.67 bits per heavy atom. The van der Waals surface area contributed by atoms with Gasteiger partial charge in [0.05, 0.1) is 4.47 Å². The molecule has 24 heavy (non-hydrogen) atoms. The highest BCUT2D eigenvalue weighted by Crippen LogP contribution is 2.38. The lowest BCUT2D eigenvalue weighted by Gasteiger charge is -2.44. The Morgan fingerprint density at radius 1 is 1.25 bits per heavy atom. The number of hydrogen-bond acceptors (Lipinski definition) is 2. The summed E-state index contributed by atoms with van der Waals surface area (Å²) < 4.78 is 0.831. The van der Waals surface area contributed by atoms with Crippen LogP contribution in [0.1, 0.15) is 62.1 Å². The van der Waals surface area contributed by atoms with Gasteiger partial charge in [-0.3, -0.25) is 0 Å². The molecule has 2 N–H and O–H groups in total. The van der Waals surface area contributed by atoms with Crippen LogP contribution in [-0.2, 0) is 6.42 Å². The maximum absolute atomic E-state index is 9.99. The van der Waals surface area contributed by atoms with Crippen molar-refractivity contribution in [3.8, 4) is 5.75 Å². The van der Waals surface area contributed by atoms with Crippen LogP contribution in [0, 0.1) is 19.8 Å². The molecule has 1 aliphatic heterocycles. The maximum atomic E-state index is 9.99. The fourth-order valence-corrected chi connectivity index (χ4v) is 5.01. The number of phenols is 1. The second kappa shape index (κ2) is 7.21. The SMILES string of the molecule is Cc1cc(O)c(Br)c(C)c1CC1C=CC[C@@](C)(C2CCCCC2)N1. The molecule has 2 atom stereocenters. The van der Waals surface area contributed by atoms with Crippen molar-refractivity contribution in [1.29, 1.82) is 0 Å². The van der Waals surface area contributed by atoms with E-state index in [2.05, 4.69) is 54.2 Å². The molecule has 3 heteroatoms. The molecule has 132 valence electrons. The lowest BCUT2D eigenvalue weighted by molar-refractivity contribution is 0.162. The Morgan fingerprint density at radius 2 is 1.96 bits per heavy atom. The molecule has 1 aromatic rings. The van der Waals surface area contributed by atoms with E-state index >= 15 is 0 Å². The molecule has 2 aliphatic rings. The molecule has 1 aliphatic carbocycles. The normalized spacial score (nSPS) is 28.2. The molecule has 1 saturated carbocycles. The summed E-state index contributed by atoms with van der Waals surface area (Å²) in [4.78, 5) is 0. The van der Waals surface area contributed by atoms with Crippen molar-refractivity contribution in [1.82, 2.24) is 5.32 Å². The van der Waals surface area contributed by atoms with E-state index in [0.29, 0.717) is 11.8 Å². The van der Waals surface area contributed by atoms with Gasteiger partial charge in [-0.05, 0) is 91.1 Å². The Bertz CT molecular complexity index is 633. The second-order valence-corrected chi connectivity index (χ2v) is 8.76. The lowest BCUT2D eigenvalue weighted by Crippen LogP contribution is -2.55. The molecule has 0 bridgehead atoms. The molecule has 3 rings (SSSR count). The minimum Gasteiger partial charge on any atom is -0.507 e. The summed E-state index contributed by atoms with van der Waals surface area (Å²) in [5.74, 6) is 1.14. The molecule has 0 spiro atoms. The highest BCUT2D eigenvalue weighted by molar-refractivity contribution is 9.10. The molecule has 0 aromatic heterocycles. The first-order valence-electron chi connectivity index (χ1n) is 9.32. The van der Waals surface area contributed by atoms with E-state index in [0.717, 1.165) is 28.8 Å². The predicted molar refractivity (Wildman–Crippen MR) is 105 cm³/mol. The summed E-state index contributed by atoms with van der Waals surface area (Å²) in [6.45, 7) is 6.62. The number of aryl methyl sites for hydroxylation is 1. The highest BCUT2D eigenvalue weighted by Gasteiger charge is 2.37. The zero-order valence-electron chi connectivity index (χ0n) is 15.2. The van der Waals surface area contributed by atoms with Gasteiger partial charge in [0, 0.05) is 11.6 Å². The summed E-state index contributed by atoms with van der Waals surface area (Å²) in [7, 11) is 0. The fourth-order valence-electron chi connectivity index (χ4n) is 4.66. The van der Waals surface area contributed by atoms with Gasteiger partial charge in [0.2, 0.25) is 0 Å². The van der Waals surface area contributed by atoms with Gasteiger partial charge in [-0.2, -0.15) is 0 Å². The molecule has 1 heterocycles. The average Bonchev–Trinajstić information content (AvgIpc) is 2.58. The molecule has 0 amide bonds. The minimum absolute atomic E-state index is 0.232. The molecule has 0 radical (unpaired) electrons. The summed E-state index contributed by atoms with van der Waals surface area (Å²) in [5, 5.41) is 14.0.